The second-order valence-electron chi connectivity index (χ2n) is 4.60. The summed E-state index contributed by atoms with van der Waals surface area (Å²) in [6, 6.07) is 0. The van der Waals surface area contributed by atoms with E-state index in [-0.39, 0.29) is 0 Å². The van der Waals surface area contributed by atoms with Gasteiger partial charge in [0, 0.05) is 12.1 Å². The number of hydrogen-bond acceptors (Lipinski definition) is 2. The summed E-state index contributed by atoms with van der Waals surface area (Å²) >= 11 is 14.2. The van der Waals surface area contributed by atoms with Gasteiger partial charge in [0.05, 0.1) is 16.2 Å². The Hall–Kier alpha value is -0.510. The Bertz CT molecular complexity index is 586. The van der Waals surface area contributed by atoms with Crippen LogP contribution in [0.4, 0.5) is 0 Å². The Morgan fingerprint density at radius 2 is 2.17 bits per heavy atom. The fourth-order valence-corrected chi connectivity index (χ4v) is 4.38. The number of thiophene rings is 1. The van der Waals surface area contributed by atoms with Crippen LogP contribution in [0.15, 0.2) is 6.20 Å². The summed E-state index contributed by atoms with van der Waals surface area (Å²) < 4.78 is 3.72. The first kappa shape index (κ1) is 12.5. The molecule has 2 aromatic heterocycles. The highest BCUT2D eigenvalue weighted by Crippen LogP contribution is 2.46. The van der Waals surface area contributed by atoms with E-state index in [9.17, 15) is 0 Å². The molecular weight excluding hydrogens is 287 g/mol. The fourth-order valence-electron chi connectivity index (χ4n) is 2.60. The normalized spacial score (nSPS) is 14.2. The third kappa shape index (κ3) is 1.89. The molecule has 0 atom stereocenters. The number of halogens is 2. The number of hydrogen-bond donors (Lipinski definition) is 0. The molecule has 0 saturated carbocycles. The highest BCUT2D eigenvalue weighted by Gasteiger charge is 2.25. The van der Waals surface area contributed by atoms with Crippen molar-refractivity contribution < 1.29 is 0 Å². The van der Waals surface area contributed by atoms with Crippen molar-refractivity contribution in [1.29, 1.82) is 0 Å². The van der Waals surface area contributed by atoms with Crippen LogP contribution in [0, 0.1) is 0 Å². The van der Waals surface area contributed by atoms with Gasteiger partial charge >= 0.3 is 0 Å². The molecule has 18 heavy (non-hydrogen) atoms. The molecule has 2 heterocycles. The highest BCUT2D eigenvalue weighted by molar-refractivity contribution is 7.20. The van der Waals surface area contributed by atoms with Gasteiger partial charge in [0.1, 0.15) is 4.34 Å². The van der Waals surface area contributed by atoms with Gasteiger partial charge in [-0.15, -0.1) is 11.3 Å². The van der Waals surface area contributed by atoms with Gasteiger partial charge in [-0.1, -0.05) is 30.1 Å². The average molecular weight is 301 g/mol. The van der Waals surface area contributed by atoms with Gasteiger partial charge in [0.2, 0.25) is 0 Å². The van der Waals surface area contributed by atoms with Crippen molar-refractivity contribution in [2.45, 2.75) is 39.2 Å². The van der Waals surface area contributed by atoms with Gasteiger partial charge in [-0.05, 0) is 36.8 Å². The number of aromatic nitrogens is 2. The standard InChI is InChI=1S/C13H14Cl2N2S/c1-2-6-17-11-8(7-16-17)4-3-5-9-10(11)13(15)18-12(9)14/h7H,2-6H2,1H3. The first-order chi connectivity index (χ1) is 8.72. The monoisotopic (exact) mass is 300 g/mol. The van der Waals surface area contributed by atoms with E-state index in [1.54, 1.807) is 0 Å². The maximum Gasteiger partial charge on any atom is 0.104 e. The minimum Gasteiger partial charge on any atom is -0.265 e. The van der Waals surface area contributed by atoms with Crippen LogP contribution in [-0.2, 0) is 19.4 Å². The predicted molar refractivity (Wildman–Crippen MR) is 77.9 cm³/mol. The van der Waals surface area contributed by atoms with Crippen LogP contribution in [0.5, 0.6) is 0 Å². The lowest BCUT2D eigenvalue weighted by Crippen LogP contribution is -2.02. The topological polar surface area (TPSA) is 17.8 Å². The third-order valence-corrected chi connectivity index (χ3v) is 5.06. The summed E-state index contributed by atoms with van der Waals surface area (Å²) in [5.41, 5.74) is 4.84. The van der Waals surface area contributed by atoms with E-state index < -0.39 is 0 Å². The molecule has 0 radical (unpaired) electrons. The van der Waals surface area contributed by atoms with Crippen molar-refractivity contribution in [1.82, 2.24) is 9.78 Å². The minimum atomic E-state index is 0.802. The molecule has 1 aliphatic carbocycles. The Balaban J connectivity index is 2.24. The van der Waals surface area contributed by atoms with E-state index in [1.165, 1.54) is 28.2 Å². The molecule has 5 heteroatoms. The second kappa shape index (κ2) is 4.87. The summed E-state index contributed by atoms with van der Waals surface area (Å²) in [4.78, 5) is 0. The Labute approximate surface area is 121 Å². The molecule has 96 valence electrons. The third-order valence-electron chi connectivity index (χ3n) is 3.38. The van der Waals surface area contributed by atoms with E-state index in [0.29, 0.717) is 0 Å². The van der Waals surface area contributed by atoms with Crippen molar-refractivity contribution in [3.8, 4) is 11.3 Å². The average Bonchev–Trinajstić information content (AvgIpc) is 2.76. The van der Waals surface area contributed by atoms with Crippen LogP contribution in [0.3, 0.4) is 0 Å². The van der Waals surface area contributed by atoms with E-state index >= 15 is 0 Å². The Morgan fingerprint density at radius 1 is 1.33 bits per heavy atom. The van der Waals surface area contributed by atoms with E-state index in [2.05, 4.69) is 16.7 Å². The predicted octanol–water partition coefficient (Wildman–Crippen LogP) is 4.82. The van der Waals surface area contributed by atoms with E-state index in [0.717, 1.165) is 46.5 Å². The molecule has 0 aliphatic heterocycles. The van der Waals surface area contributed by atoms with Crippen molar-refractivity contribution in [3.63, 3.8) is 0 Å². The molecule has 2 nitrogen and oxygen atoms in total. The molecule has 3 rings (SSSR count). The van der Waals surface area contributed by atoms with Crippen molar-refractivity contribution in [2.75, 3.05) is 0 Å². The van der Waals surface area contributed by atoms with Crippen LogP contribution in [0.2, 0.25) is 8.67 Å². The van der Waals surface area contributed by atoms with Crippen LogP contribution in [0.25, 0.3) is 11.3 Å². The van der Waals surface area contributed by atoms with Crippen LogP contribution < -0.4 is 0 Å². The van der Waals surface area contributed by atoms with Gasteiger partial charge < -0.3 is 0 Å². The molecule has 0 N–H and O–H groups in total. The molecule has 0 aromatic carbocycles. The largest absolute Gasteiger partial charge is 0.265 e. The molecular formula is C13H14Cl2N2S. The lowest BCUT2D eigenvalue weighted by atomic mass is 10.1. The van der Waals surface area contributed by atoms with Crippen LogP contribution >= 0.6 is 34.5 Å². The zero-order valence-corrected chi connectivity index (χ0v) is 12.5. The number of rotatable bonds is 2. The van der Waals surface area contributed by atoms with E-state index in [1.807, 2.05) is 6.20 Å². The summed E-state index contributed by atoms with van der Waals surface area (Å²) in [5.74, 6) is 0. The molecule has 0 unspecified atom stereocenters. The summed E-state index contributed by atoms with van der Waals surface area (Å²) in [5, 5.41) is 4.50. The first-order valence-electron chi connectivity index (χ1n) is 6.24. The molecule has 0 amide bonds. The van der Waals surface area contributed by atoms with Crippen molar-refractivity contribution in [3.05, 3.63) is 26.0 Å². The number of aryl methyl sites for hydroxylation is 2. The Kier molecular flexibility index (Phi) is 3.39. The molecule has 0 bridgehead atoms. The smallest absolute Gasteiger partial charge is 0.104 e. The van der Waals surface area contributed by atoms with Gasteiger partial charge in [-0.25, -0.2) is 0 Å². The summed E-state index contributed by atoms with van der Waals surface area (Å²) in [7, 11) is 0. The van der Waals surface area contributed by atoms with Crippen LogP contribution in [0.1, 0.15) is 30.9 Å². The molecule has 2 aromatic rings. The lowest BCUT2D eigenvalue weighted by molar-refractivity contribution is 0.609. The first-order valence-corrected chi connectivity index (χ1v) is 7.81. The van der Waals surface area contributed by atoms with Crippen molar-refractivity contribution >= 4 is 34.5 Å². The minimum absolute atomic E-state index is 0.802. The quantitative estimate of drug-likeness (QED) is 0.778. The second-order valence-corrected chi connectivity index (χ2v) is 6.82. The number of fused-ring (bicyclic) bond motifs is 3. The van der Waals surface area contributed by atoms with Crippen molar-refractivity contribution in [2.24, 2.45) is 0 Å². The van der Waals surface area contributed by atoms with E-state index in [4.69, 9.17) is 23.2 Å². The zero-order chi connectivity index (χ0) is 12.7. The molecule has 0 saturated heterocycles. The lowest BCUT2D eigenvalue weighted by Gasteiger charge is -2.08. The highest BCUT2D eigenvalue weighted by atomic mass is 35.5. The van der Waals surface area contributed by atoms with Gasteiger partial charge in [-0.3, -0.25) is 4.68 Å². The molecule has 0 spiro atoms. The zero-order valence-electron chi connectivity index (χ0n) is 10.2. The maximum atomic E-state index is 6.39. The fraction of sp³-hybridized carbons (Fsp3) is 0.462. The van der Waals surface area contributed by atoms with Gasteiger partial charge in [-0.2, -0.15) is 5.10 Å². The summed E-state index contributed by atoms with van der Waals surface area (Å²) in [6.07, 6.45) is 6.24. The van der Waals surface area contributed by atoms with Gasteiger partial charge in [0.15, 0.2) is 0 Å². The maximum absolute atomic E-state index is 6.39. The summed E-state index contributed by atoms with van der Waals surface area (Å²) in [6.45, 7) is 3.09. The molecule has 1 aliphatic rings. The van der Waals surface area contributed by atoms with Crippen LogP contribution in [-0.4, -0.2) is 9.78 Å². The molecule has 0 fully saturated rings. The Morgan fingerprint density at radius 3 is 2.94 bits per heavy atom. The van der Waals surface area contributed by atoms with Gasteiger partial charge in [0.25, 0.3) is 0 Å². The number of nitrogens with zero attached hydrogens (tertiary/aromatic N) is 2. The SMILES string of the molecule is CCCn1ncc2c1-c1c(Cl)sc(Cl)c1CCC2.